The molecule has 1 N–H and O–H groups in total. The molecule has 0 radical (unpaired) electrons. The number of nitrogens with one attached hydrogen (secondary N) is 1. The van der Waals surface area contributed by atoms with E-state index in [2.05, 4.69) is 20.6 Å². The molecule has 4 rings (SSSR count). The van der Waals surface area contributed by atoms with Gasteiger partial charge in [-0.15, -0.1) is 10.2 Å². The highest BCUT2D eigenvalue weighted by molar-refractivity contribution is 8.01. The molecular weight excluding hydrogens is 471 g/mol. The quantitative estimate of drug-likeness (QED) is 0.377. The summed E-state index contributed by atoms with van der Waals surface area (Å²) < 4.78 is 26.0. The summed E-state index contributed by atoms with van der Waals surface area (Å²) in [7, 11) is 0. The fourth-order valence-electron chi connectivity index (χ4n) is 3.01. The third kappa shape index (κ3) is 5.86. The Hall–Kier alpha value is -3.03. The van der Waals surface area contributed by atoms with Gasteiger partial charge in [-0.1, -0.05) is 23.1 Å². The van der Waals surface area contributed by atoms with Crippen LogP contribution in [0.3, 0.4) is 0 Å². The first-order chi connectivity index (χ1) is 16.0. The highest BCUT2D eigenvalue weighted by Crippen LogP contribution is 2.27. The maximum atomic E-state index is 13.2. The molecule has 1 aliphatic heterocycles. The number of carbonyl (C=O) groups is 2. The van der Waals surface area contributed by atoms with Crippen LogP contribution in [0.2, 0.25) is 0 Å². The fourth-order valence-corrected chi connectivity index (χ4v) is 4.65. The van der Waals surface area contributed by atoms with Crippen LogP contribution in [-0.4, -0.2) is 75.4 Å². The summed E-state index contributed by atoms with van der Waals surface area (Å²) in [6, 6.07) is 5.71. The van der Waals surface area contributed by atoms with Gasteiger partial charge in [0, 0.05) is 13.1 Å². The Balaban J connectivity index is 1.40. The largest absolute Gasteiger partial charge is 0.490 e. The maximum Gasteiger partial charge on any atom is 0.281 e. The first kappa shape index (κ1) is 23.1. The van der Waals surface area contributed by atoms with Gasteiger partial charge in [-0.3, -0.25) is 14.9 Å². The predicted molar refractivity (Wildman–Crippen MR) is 121 cm³/mol. The second-order valence-corrected chi connectivity index (χ2v) is 9.01. The van der Waals surface area contributed by atoms with E-state index in [1.165, 1.54) is 28.6 Å². The van der Waals surface area contributed by atoms with Crippen molar-refractivity contribution in [3.8, 4) is 11.4 Å². The van der Waals surface area contributed by atoms with Crippen molar-refractivity contribution >= 4 is 40.0 Å². The van der Waals surface area contributed by atoms with Crippen LogP contribution in [0, 0.1) is 5.82 Å². The molecule has 3 aromatic rings. The van der Waals surface area contributed by atoms with Crippen LogP contribution in [0.15, 0.2) is 34.8 Å². The Kier molecular flexibility index (Phi) is 7.52. The third-order valence-corrected chi connectivity index (χ3v) is 6.55. The van der Waals surface area contributed by atoms with Gasteiger partial charge in [0.05, 0.1) is 37.5 Å². The number of halogens is 1. The lowest BCUT2D eigenvalue weighted by Gasteiger charge is -2.26. The normalized spacial score (nSPS) is 13.7. The Morgan fingerprint density at radius 3 is 2.73 bits per heavy atom. The molecule has 1 aliphatic rings. The molecule has 0 unspecified atom stereocenters. The maximum absolute atomic E-state index is 13.2. The van der Waals surface area contributed by atoms with E-state index in [1.807, 2.05) is 0 Å². The summed E-state index contributed by atoms with van der Waals surface area (Å²) in [5, 5.41) is 15.2. The molecule has 13 heteroatoms. The smallest absolute Gasteiger partial charge is 0.281 e. The van der Waals surface area contributed by atoms with Crippen LogP contribution in [0.5, 0.6) is 5.75 Å². The Bertz CT molecular complexity index is 1110. The zero-order chi connectivity index (χ0) is 23.2. The molecule has 1 fully saturated rings. The van der Waals surface area contributed by atoms with Crippen LogP contribution in [0.4, 0.5) is 9.52 Å². The number of hydrogen-bond acceptors (Lipinski definition) is 9. The van der Waals surface area contributed by atoms with Crippen LogP contribution in [-0.2, 0) is 9.53 Å². The number of morpholine rings is 1. The van der Waals surface area contributed by atoms with E-state index < -0.39 is 5.91 Å². The van der Waals surface area contributed by atoms with Crippen molar-refractivity contribution in [1.82, 2.24) is 24.9 Å². The fraction of sp³-hybridized carbons (Fsp3) is 0.350. The summed E-state index contributed by atoms with van der Waals surface area (Å²) in [4.78, 5) is 26.8. The SMILES string of the molecule is CCOc1cn(-c2ccc(F)cc2)nc1C(=O)Nc1nnc(SCC(=O)N2CCOCC2)s1. The Morgan fingerprint density at radius 1 is 1.24 bits per heavy atom. The molecule has 0 bridgehead atoms. The molecule has 2 amide bonds. The zero-order valence-electron chi connectivity index (χ0n) is 17.7. The van der Waals surface area contributed by atoms with E-state index in [9.17, 15) is 14.0 Å². The van der Waals surface area contributed by atoms with Crippen LogP contribution >= 0.6 is 23.1 Å². The second kappa shape index (κ2) is 10.7. The molecule has 1 saturated heterocycles. The highest BCUT2D eigenvalue weighted by Gasteiger charge is 2.21. The molecule has 10 nitrogen and oxygen atoms in total. The number of nitrogens with zero attached hydrogens (tertiary/aromatic N) is 5. The minimum absolute atomic E-state index is 0.0109. The summed E-state index contributed by atoms with van der Waals surface area (Å²) in [6.07, 6.45) is 1.56. The lowest BCUT2D eigenvalue weighted by Crippen LogP contribution is -2.41. The van der Waals surface area contributed by atoms with E-state index in [0.717, 1.165) is 11.3 Å². The summed E-state index contributed by atoms with van der Waals surface area (Å²) in [5.74, 6) is -0.354. The van der Waals surface area contributed by atoms with Crippen LogP contribution in [0.25, 0.3) is 5.69 Å². The molecule has 33 heavy (non-hydrogen) atoms. The molecule has 1 aromatic carbocycles. The van der Waals surface area contributed by atoms with Gasteiger partial charge in [-0.05, 0) is 31.2 Å². The van der Waals surface area contributed by atoms with Gasteiger partial charge >= 0.3 is 0 Å². The van der Waals surface area contributed by atoms with Crippen LogP contribution in [0.1, 0.15) is 17.4 Å². The first-order valence-corrected chi connectivity index (χ1v) is 11.9. The van der Waals surface area contributed by atoms with E-state index in [4.69, 9.17) is 9.47 Å². The number of benzene rings is 1. The van der Waals surface area contributed by atoms with Crippen molar-refractivity contribution in [1.29, 1.82) is 0 Å². The summed E-state index contributed by atoms with van der Waals surface area (Å²) >= 11 is 2.43. The van der Waals surface area contributed by atoms with Gasteiger partial charge in [0.1, 0.15) is 5.82 Å². The molecule has 0 spiro atoms. The molecule has 0 aliphatic carbocycles. The number of aromatic nitrogens is 4. The lowest BCUT2D eigenvalue weighted by molar-refractivity contribution is -0.132. The highest BCUT2D eigenvalue weighted by atomic mass is 32.2. The van der Waals surface area contributed by atoms with Gasteiger partial charge in [0.15, 0.2) is 15.8 Å². The average molecular weight is 493 g/mol. The van der Waals surface area contributed by atoms with Crippen molar-refractivity contribution < 1.29 is 23.5 Å². The Morgan fingerprint density at radius 2 is 2.00 bits per heavy atom. The van der Waals surface area contributed by atoms with Gasteiger partial charge in [0.2, 0.25) is 11.0 Å². The lowest BCUT2D eigenvalue weighted by atomic mass is 10.3. The zero-order valence-corrected chi connectivity index (χ0v) is 19.3. The average Bonchev–Trinajstić information content (AvgIpc) is 3.46. The number of anilines is 1. The monoisotopic (exact) mass is 492 g/mol. The number of thioether (sulfide) groups is 1. The first-order valence-electron chi connectivity index (χ1n) is 10.1. The number of ether oxygens (including phenoxy) is 2. The van der Waals surface area contributed by atoms with E-state index in [-0.39, 0.29) is 34.1 Å². The van der Waals surface area contributed by atoms with E-state index in [1.54, 1.807) is 30.2 Å². The predicted octanol–water partition coefficient (Wildman–Crippen LogP) is 2.46. The molecule has 174 valence electrons. The molecule has 0 atom stereocenters. The van der Waals surface area contributed by atoms with Crippen molar-refractivity contribution in [2.75, 3.05) is 44.0 Å². The number of rotatable bonds is 8. The molecular formula is C20H21FN6O4S2. The Labute approximate surface area is 197 Å². The summed E-state index contributed by atoms with van der Waals surface area (Å²) in [6.45, 7) is 4.40. The summed E-state index contributed by atoms with van der Waals surface area (Å²) in [5.41, 5.74) is 0.643. The molecule has 3 heterocycles. The van der Waals surface area contributed by atoms with Gasteiger partial charge in [0.25, 0.3) is 5.91 Å². The number of amides is 2. The second-order valence-electron chi connectivity index (χ2n) is 6.81. The molecule has 0 saturated carbocycles. The van der Waals surface area contributed by atoms with Crippen molar-refractivity contribution in [3.63, 3.8) is 0 Å². The number of carbonyl (C=O) groups excluding carboxylic acids is 2. The third-order valence-electron chi connectivity index (χ3n) is 4.60. The van der Waals surface area contributed by atoms with Gasteiger partial charge < -0.3 is 14.4 Å². The topological polar surface area (TPSA) is 111 Å². The van der Waals surface area contributed by atoms with Crippen molar-refractivity contribution in [3.05, 3.63) is 42.0 Å². The van der Waals surface area contributed by atoms with E-state index >= 15 is 0 Å². The van der Waals surface area contributed by atoms with Crippen molar-refractivity contribution in [2.24, 2.45) is 0 Å². The van der Waals surface area contributed by atoms with E-state index in [0.29, 0.717) is 42.9 Å². The van der Waals surface area contributed by atoms with Crippen LogP contribution < -0.4 is 10.1 Å². The van der Waals surface area contributed by atoms with Crippen molar-refractivity contribution in [2.45, 2.75) is 11.3 Å². The minimum atomic E-state index is -0.517. The minimum Gasteiger partial charge on any atom is -0.490 e. The standard InChI is InChI=1S/C20H21FN6O4S2/c1-2-31-15-11-27(14-5-3-13(21)4-6-14)25-17(15)18(29)22-19-23-24-20(33-19)32-12-16(28)26-7-9-30-10-8-26/h3-6,11H,2,7-10,12H2,1H3,(H,22,23,29). The number of hydrogen-bond donors (Lipinski definition) is 1. The van der Waals surface area contributed by atoms with Gasteiger partial charge in [-0.25, -0.2) is 9.07 Å². The van der Waals surface area contributed by atoms with Gasteiger partial charge in [-0.2, -0.15) is 5.10 Å². The molecule has 2 aromatic heterocycles.